The lowest BCUT2D eigenvalue weighted by atomic mass is 9.67. The minimum atomic E-state index is 0.703. The van der Waals surface area contributed by atoms with E-state index in [-0.39, 0.29) is 0 Å². The molecule has 1 nitrogen and oxygen atoms in total. The van der Waals surface area contributed by atoms with Crippen molar-refractivity contribution >= 4 is 0 Å². The van der Waals surface area contributed by atoms with Crippen LogP contribution in [0.2, 0.25) is 0 Å². The van der Waals surface area contributed by atoms with E-state index in [2.05, 4.69) is 19.2 Å². The van der Waals surface area contributed by atoms with Gasteiger partial charge in [0.05, 0.1) is 0 Å². The zero-order chi connectivity index (χ0) is 12.6. The van der Waals surface area contributed by atoms with Crippen LogP contribution < -0.4 is 5.32 Å². The molecule has 0 amide bonds. The van der Waals surface area contributed by atoms with Crippen LogP contribution in [0.1, 0.15) is 65.2 Å². The summed E-state index contributed by atoms with van der Waals surface area (Å²) < 4.78 is 0. The molecular weight excluding hydrogens is 218 g/mol. The predicted octanol–water partition coefficient (Wildman–Crippen LogP) is 4.23. The van der Waals surface area contributed by atoms with Gasteiger partial charge in [-0.3, -0.25) is 0 Å². The monoisotopic (exact) mass is 249 g/mol. The fraction of sp³-hybridized carbons (Fsp3) is 1.00. The van der Waals surface area contributed by atoms with Crippen LogP contribution in [0.4, 0.5) is 0 Å². The maximum Gasteiger partial charge on any atom is 0.00107 e. The van der Waals surface area contributed by atoms with Gasteiger partial charge in [-0.25, -0.2) is 0 Å². The van der Waals surface area contributed by atoms with Gasteiger partial charge in [-0.2, -0.15) is 0 Å². The number of rotatable bonds is 5. The lowest BCUT2D eigenvalue weighted by Crippen LogP contribution is -2.41. The zero-order valence-electron chi connectivity index (χ0n) is 12.4. The Balaban J connectivity index is 1.63. The Morgan fingerprint density at radius 2 is 1.89 bits per heavy atom. The van der Waals surface area contributed by atoms with Crippen LogP contribution in [0.25, 0.3) is 0 Å². The highest BCUT2D eigenvalue weighted by atomic mass is 14.9. The molecule has 104 valence electrons. The van der Waals surface area contributed by atoms with Crippen molar-refractivity contribution < 1.29 is 0 Å². The fourth-order valence-electron chi connectivity index (χ4n) is 5.36. The van der Waals surface area contributed by atoms with Gasteiger partial charge in [0.15, 0.2) is 0 Å². The minimum absolute atomic E-state index is 0.703. The van der Waals surface area contributed by atoms with Crippen LogP contribution in [0.3, 0.4) is 0 Å². The maximum atomic E-state index is 3.80. The summed E-state index contributed by atoms with van der Waals surface area (Å²) >= 11 is 0. The minimum Gasteiger partial charge on any atom is -0.316 e. The van der Waals surface area contributed by atoms with Gasteiger partial charge in [-0.1, -0.05) is 33.1 Å². The molecule has 0 aliphatic heterocycles. The first kappa shape index (κ1) is 13.0. The third-order valence-corrected chi connectivity index (χ3v) is 6.15. The lowest BCUT2D eigenvalue weighted by Gasteiger charge is -2.41. The number of hydrogen-bond donors (Lipinski definition) is 1. The smallest absolute Gasteiger partial charge is 0.00107 e. The molecule has 3 unspecified atom stereocenters. The molecule has 0 spiro atoms. The van der Waals surface area contributed by atoms with Crippen molar-refractivity contribution in [1.82, 2.24) is 5.32 Å². The Kier molecular flexibility index (Phi) is 3.71. The van der Waals surface area contributed by atoms with Crippen molar-refractivity contribution in [2.24, 2.45) is 29.1 Å². The molecule has 3 saturated carbocycles. The quantitative estimate of drug-likeness (QED) is 0.769. The van der Waals surface area contributed by atoms with Crippen molar-refractivity contribution in [3.8, 4) is 0 Å². The molecule has 0 aromatic carbocycles. The molecule has 0 heterocycles. The van der Waals surface area contributed by atoms with Gasteiger partial charge in [0.2, 0.25) is 0 Å². The second-order valence-electron chi connectivity index (χ2n) is 7.88. The molecule has 0 aromatic heterocycles. The summed E-state index contributed by atoms with van der Waals surface area (Å²) in [5.74, 6) is 4.10. The van der Waals surface area contributed by atoms with Gasteiger partial charge < -0.3 is 5.32 Å². The van der Waals surface area contributed by atoms with E-state index in [9.17, 15) is 0 Å². The highest BCUT2D eigenvalue weighted by Gasteiger charge is 2.50. The molecule has 1 heteroatoms. The van der Waals surface area contributed by atoms with Crippen molar-refractivity contribution in [1.29, 1.82) is 0 Å². The number of nitrogens with one attached hydrogen (secondary N) is 1. The molecule has 3 aliphatic carbocycles. The van der Waals surface area contributed by atoms with Crippen LogP contribution in [0.15, 0.2) is 0 Å². The molecule has 0 radical (unpaired) electrons. The Labute approximate surface area is 113 Å². The van der Waals surface area contributed by atoms with E-state index >= 15 is 0 Å². The van der Waals surface area contributed by atoms with Gasteiger partial charge in [-0.15, -0.1) is 0 Å². The van der Waals surface area contributed by atoms with Crippen LogP contribution >= 0.6 is 0 Å². The molecule has 3 rings (SSSR count). The van der Waals surface area contributed by atoms with E-state index < -0.39 is 0 Å². The van der Waals surface area contributed by atoms with Crippen LogP contribution in [0.5, 0.6) is 0 Å². The standard InChI is InChI=1S/C17H31N/c1-13(2)11-18-12-17(7-3-4-8-17)16-10-14-5-6-15(16)9-14/h13-16,18H,3-12H2,1-2H3. The fourth-order valence-corrected chi connectivity index (χ4v) is 5.36. The normalized spacial score (nSPS) is 37.8. The summed E-state index contributed by atoms with van der Waals surface area (Å²) in [6, 6.07) is 0. The maximum absolute atomic E-state index is 3.80. The zero-order valence-corrected chi connectivity index (χ0v) is 12.4. The Morgan fingerprint density at radius 3 is 2.44 bits per heavy atom. The van der Waals surface area contributed by atoms with Crippen molar-refractivity contribution in [2.45, 2.75) is 65.2 Å². The van der Waals surface area contributed by atoms with Crippen LogP contribution in [0, 0.1) is 29.1 Å². The van der Waals surface area contributed by atoms with E-state index in [0.717, 1.165) is 23.7 Å². The van der Waals surface area contributed by atoms with E-state index in [0.29, 0.717) is 5.41 Å². The molecule has 3 atom stereocenters. The first-order valence-corrected chi connectivity index (χ1v) is 8.40. The van der Waals surface area contributed by atoms with E-state index in [1.54, 1.807) is 25.7 Å². The average Bonchev–Trinajstić information content (AvgIpc) is 3.04. The van der Waals surface area contributed by atoms with Gasteiger partial charge >= 0.3 is 0 Å². The first-order chi connectivity index (χ1) is 8.70. The second kappa shape index (κ2) is 5.15. The van der Waals surface area contributed by atoms with Gasteiger partial charge in [0.25, 0.3) is 0 Å². The third-order valence-electron chi connectivity index (χ3n) is 6.15. The van der Waals surface area contributed by atoms with Gasteiger partial charge in [0, 0.05) is 6.54 Å². The molecule has 3 aliphatic rings. The topological polar surface area (TPSA) is 12.0 Å². The Bertz CT molecular complexity index is 277. The second-order valence-corrected chi connectivity index (χ2v) is 7.88. The Hall–Kier alpha value is -0.0400. The van der Waals surface area contributed by atoms with E-state index in [4.69, 9.17) is 0 Å². The van der Waals surface area contributed by atoms with Gasteiger partial charge in [0.1, 0.15) is 0 Å². The Morgan fingerprint density at radius 1 is 1.11 bits per heavy atom. The van der Waals surface area contributed by atoms with E-state index in [1.165, 1.54) is 38.8 Å². The summed E-state index contributed by atoms with van der Waals surface area (Å²) in [6.07, 6.45) is 12.3. The summed E-state index contributed by atoms with van der Waals surface area (Å²) in [7, 11) is 0. The molecule has 0 saturated heterocycles. The van der Waals surface area contributed by atoms with Gasteiger partial charge in [-0.05, 0) is 67.7 Å². The van der Waals surface area contributed by atoms with Crippen molar-refractivity contribution in [3.05, 3.63) is 0 Å². The predicted molar refractivity (Wildman–Crippen MR) is 77.5 cm³/mol. The summed E-state index contributed by atoms with van der Waals surface area (Å²) in [4.78, 5) is 0. The SMILES string of the molecule is CC(C)CNCC1(C2CC3CCC2C3)CCCC1. The van der Waals surface area contributed by atoms with E-state index in [1.807, 2.05) is 0 Å². The highest BCUT2D eigenvalue weighted by molar-refractivity contribution is 5.02. The van der Waals surface area contributed by atoms with Crippen molar-refractivity contribution in [2.75, 3.05) is 13.1 Å². The molecule has 1 N–H and O–H groups in total. The molecule has 0 aromatic rings. The van der Waals surface area contributed by atoms with Crippen molar-refractivity contribution in [3.63, 3.8) is 0 Å². The first-order valence-electron chi connectivity index (χ1n) is 8.40. The largest absolute Gasteiger partial charge is 0.316 e. The summed E-state index contributed by atoms with van der Waals surface area (Å²) in [5.41, 5.74) is 0.703. The summed E-state index contributed by atoms with van der Waals surface area (Å²) in [6.45, 7) is 7.18. The lowest BCUT2D eigenvalue weighted by molar-refractivity contribution is 0.103. The average molecular weight is 249 g/mol. The molecule has 2 bridgehead atoms. The highest BCUT2D eigenvalue weighted by Crippen LogP contribution is 2.59. The number of fused-ring (bicyclic) bond motifs is 2. The molecular formula is C17H31N. The van der Waals surface area contributed by atoms with Crippen LogP contribution in [-0.2, 0) is 0 Å². The van der Waals surface area contributed by atoms with Crippen LogP contribution in [-0.4, -0.2) is 13.1 Å². The molecule has 3 fully saturated rings. The third kappa shape index (κ3) is 2.35. The molecule has 18 heavy (non-hydrogen) atoms. The summed E-state index contributed by atoms with van der Waals surface area (Å²) in [5, 5.41) is 3.80. The number of hydrogen-bond acceptors (Lipinski definition) is 1.